The number of aryl methyl sites for hydroxylation is 1. The highest BCUT2D eigenvalue weighted by Gasteiger charge is 2.03. The van der Waals surface area contributed by atoms with Crippen molar-refractivity contribution >= 4 is 17.4 Å². The van der Waals surface area contributed by atoms with Crippen molar-refractivity contribution in [1.29, 1.82) is 0 Å². The Bertz CT molecular complexity index is 535. The Morgan fingerprint density at radius 1 is 1.53 bits per heavy atom. The number of carbonyl (C=O) groups is 1. The van der Waals surface area contributed by atoms with E-state index in [9.17, 15) is 4.79 Å². The Labute approximate surface area is 98.3 Å². The van der Waals surface area contributed by atoms with E-state index < -0.39 is 5.97 Å². The molecule has 0 aliphatic heterocycles. The molecule has 6 heteroatoms. The maximum Gasteiger partial charge on any atom is 0.303 e. The van der Waals surface area contributed by atoms with Crippen molar-refractivity contribution in [2.45, 2.75) is 19.8 Å². The third-order valence-electron chi connectivity index (χ3n) is 2.40. The summed E-state index contributed by atoms with van der Waals surface area (Å²) in [5, 5.41) is 15.8. The van der Waals surface area contributed by atoms with Crippen molar-refractivity contribution < 1.29 is 9.90 Å². The lowest BCUT2D eigenvalue weighted by Gasteiger charge is -2.08. The molecule has 0 saturated carbocycles. The van der Waals surface area contributed by atoms with Gasteiger partial charge in [-0.15, -0.1) is 0 Å². The molecule has 0 unspecified atom stereocenters. The molecule has 0 fully saturated rings. The van der Waals surface area contributed by atoms with Crippen LogP contribution in [0.4, 0.5) is 5.82 Å². The second kappa shape index (κ2) is 4.82. The molecule has 0 amide bonds. The van der Waals surface area contributed by atoms with Gasteiger partial charge in [0.15, 0.2) is 5.65 Å². The van der Waals surface area contributed by atoms with Crippen LogP contribution in [0, 0.1) is 6.92 Å². The first-order valence-electron chi connectivity index (χ1n) is 5.43. The van der Waals surface area contributed by atoms with Gasteiger partial charge in [0.25, 0.3) is 0 Å². The van der Waals surface area contributed by atoms with E-state index >= 15 is 0 Å². The van der Waals surface area contributed by atoms with Gasteiger partial charge >= 0.3 is 5.97 Å². The quantitative estimate of drug-likeness (QED) is 0.762. The highest BCUT2D eigenvalue weighted by molar-refractivity contribution is 5.66. The fourth-order valence-corrected chi connectivity index (χ4v) is 1.64. The van der Waals surface area contributed by atoms with Gasteiger partial charge in [-0.05, 0) is 31.0 Å². The molecule has 0 spiro atoms. The summed E-state index contributed by atoms with van der Waals surface area (Å²) in [6.07, 6.45) is 2.25. The first-order valence-corrected chi connectivity index (χ1v) is 5.43. The third-order valence-corrected chi connectivity index (χ3v) is 2.40. The van der Waals surface area contributed by atoms with Crippen molar-refractivity contribution in [3.05, 3.63) is 24.0 Å². The summed E-state index contributed by atoms with van der Waals surface area (Å²) in [4.78, 5) is 14.5. The molecule has 2 heterocycles. The predicted molar refractivity (Wildman–Crippen MR) is 63.1 cm³/mol. The van der Waals surface area contributed by atoms with Crippen LogP contribution in [0.1, 0.15) is 18.4 Å². The number of nitrogens with one attached hydrogen (secondary N) is 1. The summed E-state index contributed by atoms with van der Waals surface area (Å²) >= 11 is 0. The average molecular weight is 234 g/mol. The van der Waals surface area contributed by atoms with Gasteiger partial charge in [-0.1, -0.05) is 0 Å². The zero-order chi connectivity index (χ0) is 12.3. The lowest BCUT2D eigenvalue weighted by atomic mass is 10.3. The fraction of sp³-hybridized carbons (Fsp3) is 0.364. The second-order valence-electron chi connectivity index (χ2n) is 3.87. The minimum Gasteiger partial charge on any atom is -0.481 e. The summed E-state index contributed by atoms with van der Waals surface area (Å²) in [5.74, 6) is 0.0600. The normalized spacial score (nSPS) is 10.6. The molecule has 0 saturated heterocycles. The Kier molecular flexibility index (Phi) is 3.22. The number of anilines is 1. The van der Waals surface area contributed by atoms with Crippen LogP contribution in [0.2, 0.25) is 0 Å². The summed E-state index contributed by atoms with van der Waals surface area (Å²) in [5.41, 5.74) is 1.87. The van der Waals surface area contributed by atoms with Crippen LogP contribution in [0.25, 0.3) is 5.65 Å². The van der Waals surface area contributed by atoms with Crippen molar-refractivity contribution in [3.63, 3.8) is 0 Å². The number of hydrogen-bond donors (Lipinski definition) is 2. The van der Waals surface area contributed by atoms with Gasteiger partial charge in [0.05, 0.1) is 0 Å². The largest absolute Gasteiger partial charge is 0.481 e. The number of hydrogen-bond acceptors (Lipinski definition) is 4. The monoisotopic (exact) mass is 234 g/mol. The number of fused-ring (bicyclic) bond motifs is 1. The third kappa shape index (κ3) is 2.72. The van der Waals surface area contributed by atoms with Crippen LogP contribution in [0.3, 0.4) is 0 Å². The second-order valence-corrected chi connectivity index (χ2v) is 3.87. The zero-order valence-electron chi connectivity index (χ0n) is 9.55. The molecule has 2 N–H and O–H groups in total. The number of aliphatic carboxylic acids is 1. The molecular formula is C11H14N4O2. The minimum atomic E-state index is -0.776. The molecule has 0 aliphatic carbocycles. The van der Waals surface area contributed by atoms with Crippen LogP contribution in [-0.4, -0.2) is 32.2 Å². The van der Waals surface area contributed by atoms with Gasteiger partial charge in [0, 0.05) is 13.0 Å². The van der Waals surface area contributed by atoms with Crippen LogP contribution < -0.4 is 5.32 Å². The van der Waals surface area contributed by atoms with Gasteiger partial charge in [-0.25, -0.2) is 4.98 Å². The topological polar surface area (TPSA) is 79.5 Å². The summed E-state index contributed by atoms with van der Waals surface area (Å²) in [7, 11) is 0. The average Bonchev–Trinajstić information content (AvgIpc) is 2.71. The smallest absolute Gasteiger partial charge is 0.303 e. The maximum atomic E-state index is 10.4. The number of aromatic nitrogens is 3. The van der Waals surface area contributed by atoms with E-state index in [2.05, 4.69) is 15.4 Å². The van der Waals surface area contributed by atoms with Gasteiger partial charge in [-0.3, -0.25) is 4.79 Å². The summed E-state index contributed by atoms with van der Waals surface area (Å²) < 4.78 is 1.70. The van der Waals surface area contributed by atoms with E-state index in [4.69, 9.17) is 5.11 Å². The molecule has 2 aromatic heterocycles. The van der Waals surface area contributed by atoms with Crippen molar-refractivity contribution in [1.82, 2.24) is 14.6 Å². The molecule has 0 radical (unpaired) electrons. The number of rotatable bonds is 5. The molecule has 0 bridgehead atoms. The van der Waals surface area contributed by atoms with Crippen LogP contribution in [0.15, 0.2) is 18.5 Å². The van der Waals surface area contributed by atoms with E-state index in [-0.39, 0.29) is 6.42 Å². The number of nitrogens with zero attached hydrogens (tertiary/aromatic N) is 3. The molecule has 0 aromatic carbocycles. The lowest BCUT2D eigenvalue weighted by molar-refractivity contribution is -0.137. The molecule has 6 nitrogen and oxygen atoms in total. The highest BCUT2D eigenvalue weighted by Crippen LogP contribution is 2.13. The SMILES string of the molecule is Cc1cc(NCCCC(=O)O)n2ncnc2c1. The van der Waals surface area contributed by atoms with Crippen LogP contribution in [0.5, 0.6) is 0 Å². The van der Waals surface area contributed by atoms with Crippen molar-refractivity contribution in [2.24, 2.45) is 0 Å². The van der Waals surface area contributed by atoms with Gasteiger partial charge < -0.3 is 10.4 Å². The first kappa shape index (κ1) is 11.4. The number of carboxylic acids is 1. The Morgan fingerprint density at radius 3 is 3.12 bits per heavy atom. The Morgan fingerprint density at radius 2 is 2.35 bits per heavy atom. The summed E-state index contributed by atoms with van der Waals surface area (Å²) in [6.45, 7) is 2.59. The number of pyridine rings is 1. The van der Waals surface area contributed by atoms with E-state index in [0.29, 0.717) is 13.0 Å². The number of carboxylic acid groups (broad SMARTS) is 1. The standard InChI is InChI=1S/C11H14N4O2/c1-8-5-9(12-4-2-3-11(16)17)15-10(6-8)13-7-14-15/h5-7,12H,2-4H2,1H3,(H,16,17). The molecule has 2 rings (SSSR count). The molecule has 17 heavy (non-hydrogen) atoms. The predicted octanol–water partition coefficient (Wildman–Crippen LogP) is 1.31. The Hall–Kier alpha value is -2.11. The Balaban J connectivity index is 2.07. The maximum absolute atomic E-state index is 10.4. The van der Waals surface area contributed by atoms with Crippen LogP contribution in [-0.2, 0) is 4.79 Å². The van der Waals surface area contributed by atoms with Gasteiger partial charge in [0.2, 0.25) is 0 Å². The molecule has 0 aliphatic rings. The van der Waals surface area contributed by atoms with E-state index in [1.807, 2.05) is 19.1 Å². The molecule has 90 valence electrons. The molecule has 2 aromatic rings. The first-order chi connectivity index (χ1) is 8.16. The summed E-state index contributed by atoms with van der Waals surface area (Å²) in [6, 6.07) is 3.90. The van der Waals surface area contributed by atoms with E-state index in [1.54, 1.807) is 4.52 Å². The van der Waals surface area contributed by atoms with Gasteiger partial charge in [-0.2, -0.15) is 9.61 Å². The fourth-order valence-electron chi connectivity index (χ4n) is 1.64. The van der Waals surface area contributed by atoms with Gasteiger partial charge in [0.1, 0.15) is 12.1 Å². The molecular weight excluding hydrogens is 220 g/mol. The van der Waals surface area contributed by atoms with Crippen LogP contribution >= 0.6 is 0 Å². The molecule has 0 atom stereocenters. The lowest BCUT2D eigenvalue weighted by Crippen LogP contribution is -2.08. The minimum absolute atomic E-state index is 0.166. The van der Waals surface area contributed by atoms with Crippen molar-refractivity contribution in [3.8, 4) is 0 Å². The van der Waals surface area contributed by atoms with E-state index in [0.717, 1.165) is 17.0 Å². The van der Waals surface area contributed by atoms with E-state index in [1.165, 1.54) is 6.33 Å². The highest BCUT2D eigenvalue weighted by atomic mass is 16.4. The zero-order valence-corrected chi connectivity index (χ0v) is 9.55. The van der Waals surface area contributed by atoms with Crippen molar-refractivity contribution in [2.75, 3.05) is 11.9 Å².